The summed E-state index contributed by atoms with van der Waals surface area (Å²) in [6.45, 7) is 2.06. The number of hydrogen-bond acceptors (Lipinski definition) is 7. The molecule has 0 amide bonds. The monoisotopic (exact) mass is 516 g/mol. The van der Waals surface area contributed by atoms with Gasteiger partial charge in [-0.1, -0.05) is 53.7 Å². The fourth-order valence-corrected chi connectivity index (χ4v) is 4.39. The standard InChI is InChI=1S/C29H28N2O7/c1-18-23(15-25(32)33)22(16-36-2)14-24(20-8-4-3-5-9-20)27(18)29-30-28(31-38-29)21-10-6-7-19(13-21)11-12-37-17-26(34)35/h3-10,13-14H,11-12,15-17H2,1-2H3,(H,32,33)(H,34,35). The first-order valence-corrected chi connectivity index (χ1v) is 12.0. The van der Waals surface area contributed by atoms with Gasteiger partial charge < -0.3 is 24.2 Å². The summed E-state index contributed by atoms with van der Waals surface area (Å²) in [7, 11) is 1.58. The Balaban J connectivity index is 1.75. The molecular formula is C29H28N2O7. The smallest absolute Gasteiger partial charge is 0.329 e. The number of carboxylic acids is 2. The number of methoxy groups -OCH3 is 1. The number of rotatable bonds is 12. The molecule has 0 saturated heterocycles. The topological polar surface area (TPSA) is 132 Å². The van der Waals surface area contributed by atoms with Crippen LogP contribution in [0.5, 0.6) is 0 Å². The van der Waals surface area contributed by atoms with Crippen molar-refractivity contribution in [2.45, 2.75) is 26.4 Å². The molecular weight excluding hydrogens is 488 g/mol. The second kappa shape index (κ2) is 12.3. The van der Waals surface area contributed by atoms with E-state index in [-0.39, 0.29) is 32.1 Å². The highest BCUT2D eigenvalue weighted by molar-refractivity contribution is 5.86. The van der Waals surface area contributed by atoms with E-state index >= 15 is 0 Å². The average Bonchev–Trinajstić information content (AvgIpc) is 3.39. The van der Waals surface area contributed by atoms with Crippen LogP contribution in [0, 0.1) is 6.92 Å². The van der Waals surface area contributed by atoms with Crippen LogP contribution in [0.1, 0.15) is 22.3 Å². The van der Waals surface area contributed by atoms with E-state index in [9.17, 15) is 14.7 Å². The number of carbonyl (C=O) groups is 2. The lowest BCUT2D eigenvalue weighted by molar-refractivity contribution is -0.142. The van der Waals surface area contributed by atoms with Gasteiger partial charge in [-0.2, -0.15) is 4.98 Å². The Morgan fingerprint density at radius 2 is 1.74 bits per heavy atom. The summed E-state index contributed by atoms with van der Waals surface area (Å²) < 4.78 is 16.3. The minimum atomic E-state index is -1.01. The zero-order valence-electron chi connectivity index (χ0n) is 21.1. The van der Waals surface area contributed by atoms with E-state index in [0.717, 1.165) is 33.4 Å². The predicted molar refractivity (Wildman–Crippen MR) is 140 cm³/mol. The largest absolute Gasteiger partial charge is 0.481 e. The second-order valence-corrected chi connectivity index (χ2v) is 8.75. The Hall–Kier alpha value is -4.34. The molecule has 4 aromatic rings. The van der Waals surface area contributed by atoms with Crippen molar-refractivity contribution in [3.05, 3.63) is 82.9 Å². The van der Waals surface area contributed by atoms with Gasteiger partial charge in [0, 0.05) is 12.7 Å². The van der Waals surface area contributed by atoms with Crippen molar-refractivity contribution in [3.63, 3.8) is 0 Å². The van der Waals surface area contributed by atoms with Gasteiger partial charge in [0.25, 0.3) is 5.89 Å². The highest BCUT2D eigenvalue weighted by atomic mass is 16.5. The number of hydrogen-bond donors (Lipinski definition) is 2. The van der Waals surface area contributed by atoms with E-state index in [1.54, 1.807) is 7.11 Å². The van der Waals surface area contributed by atoms with Crippen molar-refractivity contribution >= 4 is 11.9 Å². The van der Waals surface area contributed by atoms with Gasteiger partial charge in [0.2, 0.25) is 5.82 Å². The molecule has 0 aliphatic heterocycles. The molecule has 1 aromatic heterocycles. The Bertz CT molecular complexity index is 1430. The van der Waals surface area contributed by atoms with E-state index in [0.29, 0.717) is 23.4 Å². The quantitative estimate of drug-likeness (QED) is 0.255. The van der Waals surface area contributed by atoms with Crippen LogP contribution in [0.25, 0.3) is 34.0 Å². The van der Waals surface area contributed by atoms with Crippen LogP contribution in [-0.4, -0.2) is 52.6 Å². The van der Waals surface area contributed by atoms with E-state index in [2.05, 4.69) is 10.1 Å². The molecule has 0 aliphatic carbocycles. The summed E-state index contributed by atoms with van der Waals surface area (Å²) in [6.07, 6.45) is 0.363. The zero-order chi connectivity index (χ0) is 27.1. The molecule has 0 bridgehead atoms. The van der Waals surface area contributed by atoms with Crippen LogP contribution in [-0.2, 0) is 38.5 Å². The molecule has 0 unspecified atom stereocenters. The van der Waals surface area contributed by atoms with Crippen molar-refractivity contribution in [2.24, 2.45) is 0 Å². The molecule has 0 spiro atoms. The van der Waals surface area contributed by atoms with Crippen molar-refractivity contribution < 1.29 is 33.8 Å². The summed E-state index contributed by atoms with van der Waals surface area (Å²) in [5, 5.41) is 22.5. The first kappa shape index (κ1) is 26.7. The third-order valence-electron chi connectivity index (χ3n) is 6.10. The van der Waals surface area contributed by atoms with Gasteiger partial charge in [-0.25, -0.2) is 4.79 Å². The maximum Gasteiger partial charge on any atom is 0.329 e. The lowest BCUT2D eigenvalue weighted by Gasteiger charge is -2.18. The van der Waals surface area contributed by atoms with Gasteiger partial charge >= 0.3 is 11.9 Å². The first-order chi connectivity index (χ1) is 18.4. The molecule has 4 rings (SSSR count). The van der Waals surface area contributed by atoms with E-state index in [1.807, 2.05) is 67.6 Å². The molecule has 9 heteroatoms. The minimum absolute atomic E-state index is 0.167. The average molecular weight is 517 g/mol. The van der Waals surface area contributed by atoms with Crippen molar-refractivity contribution in [1.29, 1.82) is 0 Å². The fraction of sp³-hybridized carbons (Fsp3) is 0.241. The van der Waals surface area contributed by atoms with Crippen LogP contribution in [0.4, 0.5) is 0 Å². The van der Waals surface area contributed by atoms with Gasteiger partial charge in [0.1, 0.15) is 6.61 Å². The summed E-state index contributed by atoms with van der Waals surface area (Å²) >= 11 is 0. The van der Waals surface area contributed by atoms with Gasteiger partial charge in [0.15, 0.2) is 0 Å². The lowest BCUT2D eigenvalue weighted by Crippen LogP contribution is -2.09. The lowest BCUT2D eigenvalue weighted by atomic mass is 9.87. The molecule has 0 radical (unpaired) electrons. The Morgan fingerprint density at radius 1 is 0.974 bits per heavy atom. The first-order valence-electron chi connectivity index (χ1n) is 12.0. The molecule has 0 saturated carbocycles. The van der Waals surface area contributed by atoms with Crippen molar-refractivity contribution in [3.8, 4) is 34.0 Å². The van der Waals surface area contributed by atoms with Gasteiger partial charge in [-0.05, 0) is 58.9 Å². The summed E-state index contributed by atoms with van der Waals surface area (Å²) in [5.74, 6) is -1.29. The molecule has 1 heterocycles. The van der Waals surface area contributed by atoms with E-state index in [1.165, 1.54) is 0 Å². The highest BCUT2D eigenvalue weighted by Crippen LogP contribution is 2.38. The third kappa shape index (κ3) is 6.31. The van der Waals surface area contributed by atoms with Crippen LogP contribution in [0.2, 0.25) is 0 Å². The number of aromatic nitrogens is 2. The molecule has 3 aromatic carbocycles. The van der Waals surface area contributed by atoms with Crippen molar-refractivity contribution in [1.82, 2.24) is 10.1 Å². The molecule has 9 nitrogen and oxygen atoms in total. The molecule has 0 fully saturated rings. The Morgan fingerprint density at radius 3 is 2.45 bits per heavy atom. The number of nitrogens with zero attached hydrogens (tertiary/aromatic N) is 2. The molecule has 196 valence electrons. The SMILES string of the molecule is COCc1cc(-c2ccccc2)c(-c2nc(-c3cccc(CCOCC(=O)O)c3)no2)c(C)c1CC(=O)O. The normalized spacial score (nSPS) is 11.0. The summed E-state index contributed by atoms with van der Waals surface area (Å²) in [4.78, 5) is 27.0. The molecule has 2 N–H and O–H groups in total. The number of carboxylic acid groups (broad SMARTS) is 2. The highest BCUT2D eigenvalue weighted by Gasteiger charge is 2.23. The maximum absolute atomic E-state index is 11.7. The maximum atomic E-state index is 11.7. The second-order valence-electron chi connectivity index (χ2n) is 8.75. The predicted octanol–water partition coefficient (Wildman–Crippen LogP) is 4.80. The minimum Gasteiger partial charge on any atom is -0.481 e. The Kier molecular flexibility index (Phi) is 8.62. The number of aliphatic carboxylic acids is 2. The van der Waals surface area contributed by atoms with Gasteiger partial charge in [-0.3, -0.25) is 4.79 Å². The molecule has 0 atom stereocenters. The van der Waals surface area contributed by atoms with E-state index < -0.39 is 11.9 Å². The summed E-state index contributed by atoms with van der Waals surface area (Å²) in [5.41, 5.74) is 6.27. The van der Waals surface area contributed by atoms with Crippen molar-refractivity contribution in [2.75, 3.05) is 20.3 Å². The molecule has 38 heavy (non-hydrogen) atoms. The third-order valence-corrected chi connectivity index (χ3v) is 6.10. The summed E-state index contributed by atoms with van der Waals surface area (Å²) in [6, 6.07) is 19.2. The van der Waals surface area contributed by atoms with Crippen LogP contribution in [0.15, 0.2) is 65.2 Å². The van der Waals surface area contributed by atoms with Crippen LogP contribution >= 0.6 is 0 Å². The van der Waals surface area contributed by atoms with Gasteiger partial charge in [0.05, 0.1) is 25.2 Å². The van der Waals surface area contributed by atoms with E-state index in [4.69, 9.17) is 19.1 Å². The Labute approximate surface area is 219 Å². The van der Waals surface area contributed by atoms with Gasteiger partial charge in [-0.15, -0.1) is 0 Å². The number of ether oxygens (including phenoxy) is 2. The van der Waals surface area contributed by atoms with Crippen LogP contribution < -0.4 is 0 Å². The number of benzene rings is 3. The van der Waals surface area contributed by atoms with Crippen LogP contribution in [0.3, 0.4) is 0 Å². The zero-order valence-corrected chi connectivity index (χ0v) is 21.1. The molecule has 0 aliphatic rings. The fourth-order valence-electron chi connectivity index (χ4n) is 4.39.